The van der Waals surface area contributed by atoms with Crippen molar-refractivity contribution in [2.75, 3.05) is 27.9 Å². The van der Waals surface area contributed by atoms with Crippen molar-refractivity contribution >= 4 is 0 Å². The van der Waals surface area contributed by atoms with Gasteiger partial charge in [-0.3, -0.25) is 0 Å². The molecule has 1 aromatic rings. The molecule has 0 radical (unpaired) electrons. The smallest absolute Gasteiger partial charge is 0.203 e. The molecule has 1 aromatic carbocycles. The maximum absolute atomic E-state index is 5.40. The van der Waals surface area contributed by atoms with Gasteiger partial charge in [-0.1, -0.05) is 20.8 Å². The Balaban J connectivity index is 2.91. The summed E-state index contributed by atoms with van der Waals surface area (Å²) in [5.74, 6) is 3.32. The molecular weight excluding hydrogens is 266 g/mol. The summed E-state index contributed by atoms with van der Waals surface area (Å²) < 4.78 is 16.2. The van der Waals surface area contributed by atoms with Gasteiger partial charge in [0.05, 0.1) is 21.3 Å². The Morgan fingerprint density at radius 2 is 1.43 bits per heavy atom. The highest BCUT2D eigenvalue weighted by atomic mass is 16.5. The fourth-order valence-corrected chi connectivity index (χ4v) is 2.07. The summed E-state index contributed by atoms with van der Waals surface area (Å²) in [6.07, 6.45) is 0. The van der Waals surface area contributed by atoms with Crippen LogP contribution >= 0.6 is 0 Å². The van der Waals surface area contributed by atoms with E-state index < -0.39 is 0 Å². The van der Waals surface area contributed by atoms with E-state index in [-0.39, 0.29) is 6.04 Å². The molecule has 0 amide bonds. The van der Waals surface area contributed by atoms with Crippen molar-refractivity contribution in [2.24, 2.45) is 11.8 Å². The van der Waals surface area contributed by atoms with E-state index in [1.165, 1.54) is 0 Å². The molecular formula is C17H29NO3. The fourth-order valence-electron chi connectivity index (χ4n) is 2.07. The molecule has 0 aliphatic rings. The van der Waals surface area contributed by atoms with Gasteiger partial charge in [-0.25, -0.2) is 0 Å². The predicted octanol–water partition coefficient (Wildman–Crippen LogP) is 3.66. The van der Waals surface area contributed by atoms with Gasteiger partial charge < -0.3 is 19.5 Å². The number of ether oxygens (including phenoxy) is 3. The Morgan fingerprint density at radius 1 is 0.905 bits per heavy atom. The van der Waals surface area contributed by atoms with Gasteiger partial charge in [0.1, 0.15) is 0 Å². The van der Waals surface area contributed by atoms with E-state index in [4.69, 9.17) is 14.2 Å². The maximum atomic E-state index is 5.40. The number of nitrogens with one attached hydrogen (secondary N) is 1. The van der Waals surface area contributed by atoms with Gasteiger partial charge in [0, 0.05) is 6.04 Å². The molecule has 0 saturated carbocycles. The topological polar surface area (TPSA) is 39.7 Å². The zero-order chi connectivity index (χ0) is 16.0. The molecule has 0 saturated heterocycles. The van der Waals surface area contributed by atoms with Gasteiger partial charge >= 0.3 is 0 Å². The number of methoxy groups -OCH3 is 3. The molecule has 1 N–H and O–H groups in total. The Hall–Kier alpha value is -1.42. The molecule has 0 aliphatic carbocycles. The Kier molecular flexibility index (Phi) is 6.82. The third kappa shape index (κ3) is 4.53. The largest absolute Gasteiger partial charge is 0.493 e. The quantitative estimate of drug-likeness (QED) is 0.794. The Labute approximate surface area is 128 Å². The number of benzene rings is 1. The van der Waals surface area contributed by atoms with Gasteiger partial charge in [0.25, 0.3) is 0 Å². The molecule has 120 valence electrons. The van der Waals surface area contributed by atoms with Gasteiger partial charge in [-0.15, -0.1) is 0 Å². The van der Waals surface area contributed by atoms with E-state index in [1.54, 1.807) is 21.3 Å². The molecule has 4 heteroatoms. The van der Waals surface area contributed by atoms with Crippen molar-refractivity contribution < 1.29 is 14.2 Å². The van der Waals surface area contributed by atoms with Crippen molar-refractivity contribution in [1.82, 2.24) is 5.32 Å². The molecule has 0 aromatic heterocycles. The summed E-state index contributed by atoms with van der Waals surface area (Å²) in [6.45, 7) is 9.88. The van der Waals surface area contributed by atoms with Crippen LogP contribution in [-0.4, -0.2) is 27.9 Å². The lowest BCUT2D eigenvalue weighted by atomic mass is 9.97. The Morgan fingerprint density at radius 3 is 1.81 bits per heavy atom. The normalized spacial score (nSPS) is 13.9. The summed E-state index contributed by atoms with van der Waals surface area (Å²) in [5, 5.41) is 3.57. The van der Waals surface area contributed by atoms with Crippen LogP contribution in [0.5, 0.6) is 17.2 Å². The van der Waals surface area contributed by atoms with Crippen molar-refractivity contribution in [3.8, 4) is 17.2 Å². The number of hydrogen-bond acceptors (Lipinski definition) is 4. The third-order valence-corrected chi connectivity index (χ3v) is 4.07. The minimum atomic E-state index is 0.222. The first kappa shape index (κ1) is 17.6. The van der Waals surface area contributed by atoms with Crippen molar-refractivity contribution in [1.29, 1.82) is 0 Å². The van der Waals surface area contributed by atoms with Crippen LogP contribution in [0.15, 0.2) is 12.1 Å². The van der Waals surface area contributed by atoms with Crippen LogP contribution in [0.25, 0.3) is 0 Å². The molecule has 21 heavy (non-hydrogen) atoms. The zero-order valence-electron chi connectivity index (χ0n) is 14.3. The first-order chi connectivity index (χ1) is 9.94. The average Bonchev–Trinajstić information content (AvgIpc) is 2.50. The fraction of sp³-hybridized carbons (Fsp3) is 0.647. The number of rotatable bonds is 8. The van der Waals surface area contributed by atoms with Crippen LogP contribution in [0, 0.1) is 11.8 Å². The van der Waals surface area contributed by atoms with Gasteiger partial charge in [0.2, 0.25) is 5.75 Å². The minimum absolute atomic E-state index is 0.222. The standard InChI is InChI=1S/C17H29NO3/c1-11(2)12(3)10-18-13(4)14-8-15(19-5)17(21-7)16(9-14)20-6/h8-9,11-13,18H,10H2,1-7H3. The van der Waals surface area contributed by atoms with Crippen LogP contribution < -0.4 is 19.5 Å². The average molecular weight is 295 g/mol. The second-order valence-corrected chi connectivity index (χ2v) is 5.81. The van der Waals surface area contributed by atoms with Crippen LogP contribution in [0.3, 0.4) is 0 Å². The summed E-state index contributed by atoms with van der Waals surface area (Å²) in [7, 11) is 4.89. The summed E-state index contributed by atoms with van der Waals surface area (Å²) in [4.78, 5) is 0. The van der Waals surface area contributed by atoms with Gasteiger partial charge in [-0.05, 0) is 43.0 Å². The van der Waals surface area contributed by atoms with Crippen molar-refractivity contribution in [3.63, 3.8) is 0 Å². The SMILES string of the molecule is COc1cc(C(C)NCC(C)C(C)C)cc(OC)c1OC. The molecule has 0 bridgehead atoms. The monoisotopic (exact) mass is 295 g/mol. The molecule has 4 nitrogen and oxygen atoms in total. The van der Waals surface area contributed by atoms with Gasteiger partial charge in [0.15, 0.2) is 11.5 Å². The van der Waals surface area contributed by atoms with E-state index in [0.29, 0.717) is 29.1 Å². The number of hydrogen-bond donors (Lipinski definition) is 1. The predicted molar refractivity (Wildman–Crippen MR) is 86.5 cm³/mol. The summed E-state index contributed by atoms with van der Waals surface area (Å²) in [6, 6.07) is 4.22. The van der Waals surface area contributed by atoms with E-state index in [1.807, 2.05) is 12.1 Å². The van der Waals surface area contributed by atoms with Gasteiger partial charge in [-0.2, -0.15) is 0 Å². The molecule has 0 fully saturated rings. The lowest BCUT2D eigenvalue weighted by molar-refractivity contribution is 0.322. The lowest BCUT2D eigenvalue weighted by Crippen LogP contribution is -2.26. The summed E-state index contributed by atoms with van der Waals surface area (Å²) in [5.41, 5.74) is 1.13. The maximum Gasteiger partial charge on any atom is 0.203 e. The molecule has 1 rings (SSSR count). The molecule has 0 aliphatic heterocycles. The van der Waals surface area contributed by atoms with E-state index in [9.17, 15) is 0 Å². The highest BCUT2D eigenvalue weighted by molar-refractivity contribution is 5.54. The Bertz CT molecular complexity index is 421. The second kappa shape index (κ2) is 8.13. The molecule has 0 spiro atoms. The molecule has 0 heterocycles. The van der Waals surface area contributed by atoms with E-state index in [2.05, 4.69) is 33.0 Å². The summed E-state index contributed by atoms with van der Waals surface area (Å²) >= 11 is 0. The first-order valence-corrected chi connectivity index (χ1v) is 7.47. The highest BCUT2D eigenvalue weighted by Gasteiger charge is 2.17. The second-order valence-electron chi connectivity index (χ2n) is 5.81. The van der Waals surface area contributed by atoms with Crippen LogP contribution in [0.2, 0.25) is 0 Å². The van der Waals surface area contributed by atoms with Crippen LogP contribution in [-0.2, 0) is 0 Å². The minimum Gasteiger partial charge on any atom is -0.493 e. The van der Waals surface area contributed by atoms with Crippen LogP contribution in [0.1, 0.15) is 39.3 Å². The molecule has 2 atom stereocenters. The lowest BCUT2D eigenvalue weighted by Gasteiger charge is -2.22. The van der Waals surface area contributed by atoms with Crippen molar-refractivity contribution in [2.45, 2.75) is 33.7 Å². The third-order valence-electron chi connectivity index (χ3n) is 4.07. The highest BCUT2D eigenvalue weighted by Crippen LogP contribution is 2.39. The van der Waals surface area contributed by atoms with Crippen molar-refractivity contribution in [3.05, 3.63) is 17.7 Å². The molecule has 2 unspecified atom stereocenters. The van der Waals surface area contributed by atoms with Crippen LogP contribution in [0.4, 0.5) is 0 Å². The van der Waals surface area contributed by atoms with E-state index >= 15 is 0 Å². The van der Waals surface area contributed by atoms with E-state index in [0.717, 1.165) is 12.1 Å². The first-order valence-electron chi connectivity index (χ1n) is 7.47. The zero-order valence-corrected chi connectivity index (χ0v) is 14.3.